The monoisotopic (exact) mass is 437 g/mol. The Kier molecular flexibility index (Phi) is 6.37. The number of carbonyl (C=O) groups is 1. The molecule has 156 valence electrons. The lowest BCUT2D eigenvalue weighted by molar-refractivity contribution is 0.187. The Bertz CT molecular complexity index is 1060. The molecule has 4 nitrogen and oxygen atoms in total. The van der Waals surface area contributed by atoms with Crippen molar-refractivity contribution in [1.82, 2.24) is 9.88 Å². The van der Waals surface area contributed by atoms with E-state index >= 15 is 0 Å². The van der Waals surface area contributed by atoms with E-state index in [1.807, 2.05) is 36.4 Å². The molecule has 0 radical (unpaired) electrons. The summed E-state index contributed by atoms with van der Waals surface area (Å²) < 4.78 is 0. The Morgan fingerprint density at radius 1 is 1.03 bits per heavy atom. The fourth-order valence-corrected chi connectivity index (χ4v) is 5.74. The van der Waals surface area contributed by atoms with Gasteiger partial charge in [0.25, 0.3) is 5.24 Å². The second-order valence-electron chi connectivity index (χ2n) is 7.95. The summed E-state index contributed by atoms with van der Waals surface area (Å²) in [6.07, 6.45) is 0. The molecule has 3 aromatic rings. The molecule has 30 heavy (non-hydrogen) atoms. The van der Waals surface area contributed by atoms with Crippen LogP contribution in [0.4, 0.5) is 16.3 Å². The van der Waals surface area contributed by atoms with Gasteiger partial charge in [-0.2, -0.15) is 0 Å². The molecule has 1 amide bonds. The van der Waals surface area contributed by atoms with E-state index in [4.69, 9.17) is 4.98 Å². The van der Waals surface area contributed by atoms with Crippen molar-refractivity contribution in [2.75, 3.05) is 17.2 Å². The van der Waals surface area contributed by atoms with E-state index < -0.39 is 0 Å². The first-order valence-electron chi connectivity index (χ1n) is 10.3. The van der Waals surface area contributed by atoms with Crippen molar-refractivity contribution in [2.24, 2.45) is 0 Å². The standard InChI is InChI=1S/C24H27N3OS2/c1-16(2)26(17(3)4)13-14-29-24(28)27-20-11-7-8-12-21(20)30-22-15-18-9-5-6-10-19(18)25-23(22)27/h5-12,15-17H,13-14H2,1-4H3. The second kappa shape index (κ2) is 9.00. The van der Waals surface area contributed by atoms with Crippen LogP contribution < -0.4 is 4.90 Å². The van der Waals surface area contributed by atoms with Crippen LogP contribution in [-0.4, -0.2) is 39.5 Å². The predicted molar refractivity (Wildman–Crippen MR) is 129 cm³/mol. The number of amides is 1. The average molecular weight is 438 g/mol. The van der Waals surface area contributed by atoms with Gasteiger partial charge in [0.2, 0.25) is 0 Å². The van der Waals surface area contributed by atoms with Gasteiger partial charge in [-0.25, -0.2) is 4.98 Å². The lowest BCUT2D eigenvalue weighted by Gasteiger charge is -2.31. The van der Waals surface area contributed by atoms with Gasteiger partial charge in [-0.3, -0.25) is 14.6 Å². The number of aromatic nitrogens is 1. The highest BCUT2D eigenvalue weighted by molar-refractivity contribution is 8.14. The molecule has 4 rings (SSSR count). The topological polar surface area (TPSA) is 36.4 Å². The molecule has 2 heterocycles. The maximum atomic E-state index is 13.4. The summed E-state index contributed by atoms with van der Waals surface area (Å²) in [4.78, 5) is 24.6. The molecule has 0 saturated heterocycles. The average Bonchev–Trinajstić information content (AvgIpc) is 2.72. The largest absolute Gasteiger partial charge is 0.298 e. The molecule has 0 bridgehead atoms. The lowest BCUT2D eigenvalue weighted by atomic mass is 10.2. The van der Waals surface area contributed by atoms with E-state index in [-0.39, 0.29) is 5.24 Å². The summed E-state index contributed by atoms with van der Waals surface area (Å²) in [5, 5.41) is 1.12. The van der Waals surface area contributed by atoms with Crippen LogP contribution in [0, 0.1) is 0 Å². The Morgan fingerprint density at radius 3 is 2.50 bits per heavy atom. The maximum absolute atomic E-state index is 13.4. The summed E-state index contributed by atoms with van der Waals surface area (Å²) >= 11 is 3.06. The molecule has 2 aromatic carbocycles. The summed E-state index contributed by atoms with van der Waals surface area (Å²) in [5.41, 5.74) is 1.82. The van der Waals surface area contributed by atoms with E-state index in [1.165, 1.54) is 11.8 Å². The fourth-order valence-electron chi connectivity index (χ4n) is 3.88. The van der Waals surface area contributed by atoms with Crippen molar-refractivity contribution < 1.29 is 4.79 Å². The van der Waals surface area contributed by atoms with E-state index in [1.54, 1.807) is 16.7 Å². The number of rotatable bonds is 5. The Morgan fingerprint density at radius 2 is 1.73 bits per heavy atom. The van der Waals surface area contributed by atoms with E-state index in [9.17, 15) is 4.79 Å². The molecule has 1 aliphatic rings. The van der Waals surface area contributed by atoms with E-state index in [0.29, 0.717) is 12.1 Å². The fraction of sp³-hybridized carbons (Fsp3) is 0.333. The first-order chi connectivity index (χ1) is 14.5. The molecule has 0 atom stereocenters. The van der Waals surface area contributed by atoms with Gasteiger partial charge < -0.3 is 0 Å². The second-order valence-corrected chi connectivity index (χ2v) is 10.1. The first-order valence-corrected chi connectivity index (χ1v) is 12.1. The molecule has 6 heteroatoms. The number of nitrogens with zero attached hydrogens (tertiary/aromatic N) is 3. The summed E-state index contributed by atoms with van der Waals surface area (Å²) in [5.74, 6) is 1.49. The van der Waals surface area contributed by atoms with Crippen LogP contribution in [0.15, 0.2) is 64.4 Å². The predicted octanol–water partition coefficient (Wildman–Crippen LogP) is 6.81. The molecule has 0 fully saturated rings. The first kappa shape index (κ1) is 21.2. The number of hydrogen-bond acceptors (Lipinski definition) is 5. The minimum absolute atomic E-state index is 0.0271. The van der Waals surface area contributed by atoms with Gasteiger partial charge in [0, 0.05) is 34.7 Å². The SMILES string of the molecule is CC(C)N(CCSC(=O)N1c2ccccc2Sc2cc3ccccc3nc21)C(C)C. The molecule has 0 spiro atoms. The zero-order valence-electron chi connectivity index (χ0n) is 17.8. The third kappa shape index (κ3) is 4.22. The van der Waals surface area contributed by atoms with Crippen molar-refractivity contribution in [3.05, 3.63) is 54.6 Å². The van der Waals surface area contributed by atoms with Crippen LogP contribution in [0.5, 0.6) is 0 Å². The third-order valence-electron chi connectivity index (χ3n) is 5.29. The molecule has 0 aliphatic carbocycles. The van der Waals surface area contributed by atoms with Crippen LogP contribution in [0.3, 0.4) is 0 Å². The van der Waals surface area contributed by atoms with Crippen molar-refractivity contribution in [3.8, 4) is 0 Å². The number of anilines is 2. The number of fused-ring (bicyclic) bond motifs is 3. The Hall–Kier alpha value is -2.02. The number of thioether (sulfide) groups is 1. The minimum atomic E-state index is 0.0271. The van der Waals surface area contributed by atoms with Crippen LogP contribution in [-0.2, 0) is 0 Å². The normalized spacial score (nSPS) is 13.2. The van der Waals surface area contributed by atoms with Gasteiger partial charge in [-0.15, -0.1) is 0 Å². The van der Waals surface area contributed by atoms with Crippen LogP contribution in [0.1, 0.15) is 27.7 Å². The van der Waals surface area contributed by atoms with Gasteiger partial charge in [0.05, 0.1) is 16.1 Å². The van der Waals surface area contributed by atoms with Gasteiger partial charge >= 0.3 is 0 Å². The molecule has 1 aliphatic heterocycles. The van der Waals surface area contributed by atoms with Gasteiger partial charge in [0.15, 0.2) is 5.82 Å². The van der Waals surface area contributed by atoms with Crippen molar-refractivity contribution >= 4 is 51.2 Å². The minimum Gasteiger partial charge on any atom is -0.298 e. The highest BCUT2D eigenvalue weighted by Crippen LogP contribution is 2.48. The van der Waals surface area contributed by atoms with Crippen LogP contribution in [0.2, 0.25) is 0 Å². The lowest BCUT2D eigenvalue weighted by Crippen LogP contribution is -2.39. The molecular formula is C24H27N3OS2. The smallest absolute Gasteiger partial charge is 0.291 e. The highest BCUT2D eigenvalue weighted by Gasteiger charge is 2.30. The summed E-state index contributed by atoms with van der Waals surface area (Å²) in [7, 11) is 0. The Balaban J connectivity index is 1.63. The van der Waals surface area contributed by atoms with Crippen LogP contribution >= 0.6 is 23.5 Å². The number of carbonyl (C=O) groups excluding carboxylic acids is 1. The van der Waals surface area contributed by atoms with Gasteiger partial charge in [-0.1, -0.05) is 53.9 Å². The molecule has 0 unspecified atom stereocenters. The summed E-state index contributed by atoms with van der Waals surface area (Å²) in [6.45, 7) is 9.70. The Labute approximate surface area is 187 Å². The molecule has 0 N–H and O–H groups in total. The third-order valence-corrected chi connectivity index (χ3v) is 7.19. The maximum Gasteiger partial charge on any atom is 0.291 e. The zero-order chi connectivity index (χ0) is 21.3. The van der Waals surface area contributed by atoms with Crippen molar-refractivity contribution in [1.29, 1.82) is 0 Å². The zero-order valence-corrected chi connectivity index (χ0v) is 19.5. The number of para-hydroxylation sites is 2. The van der Waals surface area contributed by atoms with Crippen LogP contribution in [0.25, 0.3) is 10.9 Å². The highest BCUT2D eigenvalue weighted by atomic mass is 32.2. The van der Waals surface area contributed by atoms with Gasteiger partial charge in [0.1, 0.15) is 0 Å². The number of pyridine rings is 1. The van der Waals surface area contributed by atoms with Gasteiger partial charge in [-0.05, 0) is 52.0 Å². The molecular weight excluding hydrogens is 410 g/mol. The van der Waals surface area contributed by atoms with E-state index in [0.717, 1.165) is 44.5 Å². The van der Waals surface area contributed by atoms with Crippen molar-refractivity contribution in [3.63, 3.8) is 0 Å². The number of benzene rings is 2. The summed E-state index contributed by atoms with van der Waals surface area (Å²) in [6, 6.07) is 19.2. The molecule has 1 aromatic heterocycles. The van der Waals surface area contributed by atoms with E-state index in [2.05, 4.69) is 50.8 Å². The van der Waals surface area contributed by atoms with Crippen molar-refractivity contribution in [2.45, 2.75) is 49.6 Å². The number of hydrogen-bond donors (Lipinski definition) is 0. The molecule has 0 saturated carbocycles. The quantitative estimate of drug-likeness (QED) is 0.438.